The van der Waals surface area contributed by atoms with Crippen LogP contribution in [0.5, 0.6) is 5.88 Å². The van der Waals surface area contributed by atoms with E-state index in [4.69, 9.17) is 4.74 Å². The second-order valence-electron chi connectivity index (χ2n) is 6.19. The van der Waals surface area contributed by atoms with Crippen LogP contribution in [0.25, 0.3) is 10.2 Å². The summed E-state index contributed by atoms with van der Waals surface area (Å²) >= 11 is 1.42. The molecular formula is C20H18N6O2S. The SMILES string of the molecule is COc1ccc(NC(=O)c2nc(N[C@@H](C)c3ccccn3)nc3ccsc23)cn1. The maximum absolute atomic E-state index is 12.9. The van der Waals surface area contributed by atoms with Gasteiger partial charge in [0.05, 0.1) is 40.9 Å². The Kier molecular flexibility index (Phi) is 5.30. The van der Waals surface area contributed by atoms with Crippen molar-refractivity contribution in [2.75, 3.05) is 17.7 Å². The van der Waals surface area contributed by atoms with Gasteiger partial charge in [0.15, 0.2) is 5.69 Å². The smallest absolute Gasteiger partial charge is 0.276 e. The average molecular weight is 406 g/mol. The van der Waals surface area contributed by atoms with E-state index in [-0.39, 0.29) is 11.9 Å². The van der Waals surface area contributed by atoms with Crippen molar-refractivity contribution in [3.8, 4) is 5.88 Å². The van der Waals surface area contributed by atoms with E-state index in [0.29, 0.717) is 28.7 Å². The second kappa shape index (κ2) is 8.19. The predicted octanol–water partition coefficient (Wildman–Crippen LogP) is 3.92. The summed E-state index contributed by atoms with van der Waals surface area (Å²) < 4.78 is 5.76. The number of nitrogens with one attached hydrogen (secondary N) is 2. The Bertz CT molecular complexity index is 1130. The highest BCUT2D eigenvalue weighted by Crippen LogP contribution is 2.26. The normalized spacial score (nSPS) is 11.8. The molecule has 0 spiro atoms. The molecule has 9 heteroatoms. The Morgan fingerprint density at radius 3 is 2.76 bits per heavy atom. The van der Waals surface area contributed by atoms with Crippen molar-refractivity contribution in [1.29, 1.82) is 0 Å². The number of amides is 1. The van der Waals surface area contributed by atoms with Crippen LogP contribution in [0.3, 0.4) is 0 Å². The summed E-state index contributed by atoms with van der Waals surface area (Å²) in [5, 5.41) is 7.93. The minimum absolute atomic E-state index is 0.117. The Hall–Kier alpha value is -3.59. The molecule has 0 aliphatic carbocycles. The Labute approximate surface area is 171 Å². The Balaban J connectivity index is 1.61. The Morgan fingerprint density at radius 1 is 1.14 bits per heavy atom. The van der Waals surface area contributed by atoms with Crippen molar-refractivity contribution < 1.29 is 9.53 Å². The van der Waals surface area contributed by atoms with Crippen molar-refractivity contribution in [2.45, 2.75) is 13.0 Å². The first kappa shape index (κ1) is 18.8. The molecule has 4 heterocycles. The number of carbonyl (C=O) groups is 1. The first-order chi connectivity index (χ1) is 14.1. The zero-order valence-corrected chi connectivity index (χ0v) is 16.6. The number of methoxy groups -OCH3 is 1. The van der Waals surface area contributed by atoms with Gasteiger partial charge < -0.3 is 15.4 Å². The molecule has 4 aromatic heterocycles. The molecule has 0 radical (unpaired) electrons. The van der Waals surface area contributed by atoms with E-state index in [1.165, 1.54) is 24.6 Å². The van der Waals surface area contributed by atoms with Crippen LogP contribution in [0, 0.1) is 0 Å². The summed E-state index contributed by atoms with van der Waals surface area (Å²) in [6.45, 7) is 1.96. The zero-order valence-electron chi connectivity index (χ0n) is 15.8. The molecule has 2 N–H and O–H groups in total. The van der Waals surface area contributed by atoms with E-state index in [2.05, 4.69) is 30.6 Å². The van der Waals surface area contributed by atoms with E-state index in [9.17, 15) is 4.79 Å². The van der Waals surface area contributed by atoms with E-state index < -0.39 is 0 Å². The van der Waals surface area contributed by atoms with Gasteiger partial charge in [0.1, 0.15) is 0 Å². The fourth-order valence-corrected chi connectivity index (χ4v) is 3.56. The van der Waals surface area contributed by atoms with Crippen LogP contribution in [0.1, 0.15) is 29.1 Å². The van der Waals surface area contributed by atoms with E-state index in [1.807, 2.05) is 36.6 Å². The molecule has 1 amide bonds. The highest BCUT2D eigenvalue weighted by molar-refractivity contribution is 7.17. The number of hydrogen-bond donors (Lipinski definition) is 2. The molecule has 0 aliphatic rings. The number of ether oxygens (including phenoxy) is 1. The van der Waals surface area contributed by atoms with Gasteiger partial charge >= 0.3 is 0 Å². The fraction of sp³-hybridized carbons (Fsp3) is 0.150. The highest BCUT2D eigenvalue weighted by Gasteiger charge is 2.18. The summed E-state index contributed by atoms with van der Waals surface area (Å²) in [7, 11) is 1.54. The second-order valence-corrected chi connectivity index (χ2v) is 7.11. The summed E-state index contributed by atoms with van der Waals surface area (Å²) in [4.78, 5) is 30.3. The molecule has 0 aromatic carbocycles. The molecule has 0 fully saturated rings. The van der Waals surface area contributed by atoms with Crippen LogP contribution in [-0.2, 0) is 0 Å². The number of pyridine rings is 2. The van der Waals surface area contributed by atoms with Crippen LogP contribution in [0.4, 0.5) is 11.6 Å². The van der Waals surface area contributed by atoms with Gasteiger partial charge in [-0.05, 0) is 36.6 Å². The van der Waals surface area contributed by atoms with Crippen molar-refractivity contribution in [1.82, 2.24) is 19.9 Å². The number of nitrogens with zero attached hydrogens (tertiary/aromatic N) is 4. The Morgan fingerprint density at radius 2 is 2.03 bits per heavy atom. The monoisotopic (exact) mass is 406 g/mol. The summed E-state index contributed by atoms with van der Waals surface area (Å²) in [5.74, 6) is 0.507. The number of carbonyl (C=O) groups excluding carboxylic acids is 1. The molecule has 0 unspecified atom stereocenters. The molecule has 29 heavy (non-hydrogen) atoms. The molecule has 0 aliphatic heterocycles. The van der Waals surface area contributed by atoms with Crippen LogP contribution in [-0.4, -0.2) is 33.0 Å². The average Bonchev–Trinajstić information content (AvgIpc) is 3.23. The van der Waals surface area contributed by atoms with Gasteiger partial charge in [0, 0.05) is 12.3 Å². The third-order valence-corrected chi connectivity index (χ3v) is 5.11. The number of anilines is 2. The first-order valence-electron chi connectivity index (χ1n) is 8.88. The van der Waals surface area contributed by atoms with Crippen molar-refractivity contribution in [3.05, 3.63) is 65.6 Å². The van der Waals surface area contributed by atoms with Gasteiger partial charge in [0.25, 0.3) is 5.91 Å². The summed E-state index contributed by atoms with van der Waals surface area (Å²) in [5.41, 5.74) is 2.42. The molecular weight excluding hydrogens is 388 g/mol. The topological polar surface area (TPSA) is 102 Å². The van der Waals surface area contributed by atoms with Gasteiger partial charge in [-0.25, -0.2) is 15.0 Å². The van der Waals surface area contributed by atoms with Crippen LogP contribution in [0.15, 0.2) is 54.2 Å². The zero-order chi connectivity index (χ0) is 20.2. The number of thiophene rings is 1. The minimum Gasteiger partial charge on any atom is -0.481 e. The molecule has 1 atom stereocenters. The van der Waals surface area contributed by atoms with Gasteiger partial charge in [-0.15, -0.1) is 11.3 Å². The lowest BCUT2D eigenvalue weighted by molar-refractivity contribution is 0.102. The maximum Gasteiger partial charge on any atom is 0.276 e. The fourth-order valence-electron chi connectivity index (χ4n) is 2.75. The quantitative estimate of drug-likeness (QED) is 0.500. The van der Waals surface area contributed by atoms with Crippen molar-refractivity contribution in [2.24, 2.45) is 0 Å². The maximum atomic E-state index is 12.9. The van der Waals surface area contributed by atoms with Crippen LogP contribution >= 0.6 is 11.3 Å². The van der Waals surface area contributed by atoms with Crippen LogP contribution < -0.4 is 15.4 Å². The van der Waals surface area contributed by atoms with Gasteiger partial charge in [-0.3, -0.25) is 9.78 Å². The highest BCUT2D eigenvalue weighted by atomic mass is 32.1. The number of rotatable bonds is 6. The molecule has 8 nitrogen and oxygen atoms in total. The molecule has 0 saturated heterocycles. The summed E-state index contributed by atoms with van der Waals surface area (Å²) in [6.07, 6.45) is 3.27. The third-order valence-electron chi connectivity index (χ3n) is 4.20. The van der Waals surface area contributed by atoms with Crippen LogP contribution in [0.2, 0.25) is 0 Å². The summed E-state index contributed by atoms with van der Waals surface area (Å²) in [6, 6.07) is 10.9. The van der Waals surface area contributed by atoms with Gasteiger partial charge in [-0.1, -0.05) is 6.07 Å². The number of aromatic nitrogens is 4. The minimum atomic E-state index is -0.333. The lowest BCUT2D eigenvalue weighted by Crippen LogP contribution is -2.17. The molecule has 4 aromatic rings. The molecule has 0 bridgehead atoms. The van der Waals surface area contributed by atoms with Gasteiger partial charge in [0.2, 0.25) is 11.8 Å². The van der Waals surface area contributed by atoms with E-state index in [1.54, 1.807) is 18.3 Å². The van der Waals surface area contributed by atoms with Gasteiger partial charge in [-0.2, -0.15) is 0 Å². The largest absolute Gasteiger partial charge is 0.481 e. The number of hydrogen-bond acceptors (Lipinski definition) is 8. The standard InChI is InChI=1S/C20H18N6O2S/c1-12(14-5-3-4-9-21-14)23-20-25-15-8-10-29-18(15)17(26-20)19(27)24-13-6-7-16(28-2)22-11-13/h3-12H,1-2H3,(H,24,27)(H,23,25,26)/t12-/m0/s1. The molecule has 0 saturated carbocycles. The van der Waals surface area contributed by atoms with E-state index >= 15 is 0 Å². The predicted molar refractivity (Wildman–Crippen MR) is 112 cm³/mol. The molecule has 146 valence electrons. The number of fused-ring (bicyclic) bond motifs is 1. The third kappa shape index (κ3) is 4.14. The van der Waals surface area contributed by atoms with Crippen molar-refractivity contribution >= 4 is 39.1 Å². The van der Waals surface area contributed by atoms with Crippen molar-refractivity contribution in [3.63, 3.8) is 0 Å². The lowest BCUT2D eigenvalue weighted by atomic mass is 10.2. The van der Waals surface area contributed by atoms with E-state index in [0.717, 1.165) is 10.4 Å². The first-order valence-corrected chi connectivity index (χ1v) is 9.76. The molecule has 4 rings (SSSR count). The lowest BCUT2D eigenvalue weighted by Gasteiger charge is -2.14.